The Balaban J connectivity index is 1.99. The Morgan fingerprint density at radius 3 is 2.25 bits per heavy atom. The fourth-order valence-corrected chi connectivity index (χ4v) is 2.60. The molecule has 1 aromatic heterocycles. The molecular formula is C16H10N2OS. The largest absolute Gasteiger partial charge is 0.437 e. The maximum Gasteiger partial charge on any atom is 0.249 e. The predicted octanol–water partition coefficient (Wildman–Crippen LogP) is 4.47. The van der Waals surface area contributed by atoms with Crippen LogP contribution >= 0.6 is 11.5 Å². The first kappa shape index (κ1) is 12.4. The fourth-order valence-electron chi connectivity index (χ4n) is 1.83. The Kier molecular flexibility index (Phi) is 3.44. The number of nitriles is 1. The lowest BCUT2D eigenvalue weighted by Crippen LogP contribution is -1.87. The van der Waals surface area contributed by atoms with E-state index in [1.54, 1.807) is 0 Å². The van der Waals surface area contributed by atoms with Crippen molar-refractivity contribution in [3.63, 3.8) is 0 Å². The molecule has 0 saturated heterocycles. The molecule has 4 heteroatoms. The average Bonchev–Trinajstić information content (AvgIpc) is 2.92. The number of aromatic nitrogens is 1. The van der Waals surface area contributed by atoms with Gasteiger partial charge in [-0.3, -0.25) is 0 Å². The molecule has 0 radical (unpaired) electrons. The van der Waals surface area contributed by atoms with E-state index in [2.05, 4.69) is 10.4 Å². The molecule has 3 rings (SSSR count). The van der Waals surface area contributed by atoms with E-state index < -0.39 is 0 Å². The van der Waals surface area contributed by atoms with Gasteiger partial charge in [0.25, 0.3) is 0 Å². The molecule has 3 aromatic rings. The van der Waals surface area contributed by atoms with E-state index in [9.17, 15) is 5.26 Å². The molecule has 0 fully saturated rings. The van der Waals surface area contributed by atoms with Gasteiger partial charge in [-0.2, -0.15) is 9.64 Å². The Hall–Kier alpha value is -2.64. The molecule has 0 aliphatic carbocycles. The van der Waals surface area contributed by atoms with Crippen LogP contribution < -0.4 is 4.74 Å². The summed E-state index contributed by atoms with van der Waals surface area (Å²) in [6, 6.07) is 21.3. The number of para-hydroxylation sites is 1. The van der Waals surface area contributed by atoms with Crippen LogP contribution in [0.25, 0.3) is 10.4 Å². The van der Waals surface area contributed by atoms with Crippen molar-refractivity contribution >= 4 is 11.5 Å². The van der Waals surface area contributed by atoms with Crippen molar-refractivity contribution in [1.82, 2.24) is 4.37 Å². The molecule has 0 N–H and O–H groups in total. The van der Waals surface area contributed by atoms with Crippen molar-refractivity contribution in [2.24, 2.45) is 0 Å². The standard InChI is InChI=1S/C16H10N2OS/c17-11-14-15(12-7-3-1-4-8-12)20-18-16(14)19-13-9-5-2-6-10-13/h1-10H. The van der Waals surface area contributed by atoms with E-state index in [-0.39, 0.29) is 0 Å². The highest BCUT2D eigenvalue weighted by Gasteiger charge is 2.16. The highest BCUT2D eigenvalue weighted by molar-refractivity contribution is 7.10. The highest BCUT2D eigenvalue weighted by Crippen LogP contribution is 2.35. The van der Waals surface area contributed by atoms with Gasteiger partial charge in [0.1, 0.15) is 17.4 Å². The molecule has 0 amide bonds. The topological polar surface area (TPSA) is 45.9 Å². The van der Waals surface area contributed by atoms with Crippen molar-refractivity contribution in [1.29, 1.82) is 5.26 Å². The predicted molar refractivity (Wildman–Crippen MR) is 78.8 cm³/mol. The second-order valence-corrected chi connectivity index (χ2v) is 4.86. The zero-order chi connectivity index (χ0) is 13.8. The van der Waals surface area contributed by atoms with Crippen LogP contribution in [0.4, 0.5) is 0 Å². The summed E-state index contributed by atoms with van der Waals surface area (Å²) < 4.78 is 9.93. The van der Waals surface area contributed by atoms with E-state index in [4.69, 9.17) is 4.74 Å². The lowest BCUT2D eigenvalue weighted by Gasteiger charge is -2.02. The SMILES string of the molecule is N#Cc1c(Oc2ccccc2)nsc1-c1ccccc1. The zero-order valence-corrected chi connectivity index (χ0v) is 11.3. The smallest absolute Gasteiger partial charge is 0.249 e. The van der Waals surface area contributed by atoms with Gasteiger partial charge in [-0.1, -0.05) is 48.5 Å². The molecule has 96 valence electrons. The molecule has 0 aliphatic heterocycles. The summed E-state index contributed by atoms with van der Waals surface area (Å²) in [6.45, 7) is 0. The van der Waals surface area contributed by atoms with E-state index in [1.165, 1.54) is 11.5 Å². The molecular weight excluding hydrogens is 268 g/mol. The van der Waals surface area contributed by atoms with Crippen LogP contribution in [0.1, 0.15) is 5.56 Å². The van der Waals surface area contributed by atoms with Crippen LogP contribution in [0, 0.1) is 11.3 Å². The maximum absolute atomic E-state index is 9.36. The minimum atomic E-state index is 0.363. The number of nitrogens with zero attached hydrogens (tertiary/aromatic N) is 2. The number of ether oxygens (including phenoxy) is 1. The van der Waals surface area contributed by atoms with Gasteiger partial charge < -0.3 is 4.74 Å². The zero-order valence-electron chi connectivity index (χ0n) is 10.5. The van der Waals surface area contributed by atoms with E-state index in [0.29, 0.717) is 17.2 Å². The van der Waals surface area contributed by atoms with Crippen LogP contribution in [-0.2, 0) is 0 Å². The van der Waals surface area contributed by atoms with Gasteiger partial charge in [0.15, 0.2) is 0 Å². The first-order chi connectivity index (χ1) is 9.88. The Labute approximate surface area is 120 Å². The fraction of sp³-hybridized carbons (Fsp3) is 0. The number of hydrogen-bond acceptors (Lipinski definition) is 4. The lowest BCUT2D eigenvalue weighted by molar-refractivity contribution is 0.467. The monoisotopic (exact) mass is 278 g/mol. The first-order valence-electron chi connectivity index (χ1n) is 6.06. The minimum absolute atomic E-state index is 0.363. The molecule has 0 spiro atoms. The van der Waals surface area contributed by atoms with Crippen LogP contribution in [0.3, 0.4) is 0 Å². The van der Waals surface area contributed by atoms with Gasteiger partial charge in [-0.15, -0.1) is 0 Å². The van der Waals surface area contributed by atoms with Crippen LogP contribution in [0.15, 0.2) is 60.7 Å². The quantitative estimate of drug-likeness (QED) is 0.710. The van der Waals surface area contributed by atoms with Gasteiger partial charge in [-0.25, -0.2) is 0 Å². The summed E-state index contributed by atoms with van der Waals surface area (Å²) in [5.41, 5.74) is 1.45. The number of benzene rings is 2. The Morgan fingerprint density at radius 1 is 0.950 bits per heavy atom. The third kappa shape index (κ3) is 2.40. The Bertz CT molecular complexity index is 745. The molecule has 20 heavy (non-hydrogen) atoms. The maximum atomic E-state index is 9.36. The third-order valence-electron chi connectivity index (χ3n) is 2.77. The summed E-state index contributed by atoms with van der Waals surface area (Å²) in [5, 5.41) is 9.36. The summed E-state index contributed by atoms with van der Waals surface area (Å²) in [6.07, 6.45) is 0. The lowest BCUT2D eigenvalue weighted by atomic mass is 10.1. The second kappa shape index (κ2) is 5.55. The van der Waals surface area contributed by atoms with Crippen molar-refractivity contribution in [2.75, 3.05) is 0 Å². The van der Waals surface area contributed by atoms with E-state index in [0.717, 1.165) is 10.4 Å². The van der Waals surface area contributed by atoms with Crippen molar-refractivity contribution in [2.45, 2.75) is 0 Å². The normalized spacial score (nSPS) is 9.95. The highest BCUT2D eigenvalue weighted by atomic mass is 32.1. The third-order valence-corrected chi connectivity index (χ3v) is 3.65. The van der Waals surface area contributed by atoms with Gasteiger partial charge in [0.2, 0.25) is 5.88 Å². The summed E-state index contributed by atoms with van der Waals surface area (Å²) in [5.74, 6) is 1.04. The summed E-state index contributed by atoms with van der Waals surface area (Å²) in [4.78, 5) is 0.832. The molecule has 0 bridgehead atoms. The van der Waals surface area contributed by atoms with Gasteiger partial charge >= 0.3 is 0 Å². The van der Waals surface area contributed by atoms with Gasteiger partial charge in [-0.05, 0) is 29.2 Å². The molecule has 1 heterocycles. The molecule has 0 unspecified atom stereocenters. The van der Waals surface area contributed by atoms with Crippen molar-refractivity contribution in [3.8, 4) is 28.1 Å². The minimum Gasteiger partial charge on any atom is -0.437 e. The molecule has 3 nitrogen and oxygen atoms in total. The molecule has 0 aliphatic rings. The van der Waals surface area contributed by atoms with Crippen LogP contribution in [-0.4, -0.2) is 4.37 Å². The van der Waals surface area contributed by atoms with Crippen LogP contribution in [0.2, 0.25) is 0 Å². The van der Waals surface area contributed by atoms with Gasteiger partial charge in [0.05, 0.1) is 4.88 Å². The number of hydrogen-bond donors (Lipinski definition) is 0. The van der Waals surface area contributed by atoms with Gasteiger partial charge in [0, 0.05) is 0 Å². The van der Waals surface area contributed by atoms with Crippen LogP contribution in [0.5, 0.6) is 11.6 Å². The van der Waals surface area contributed by atoms with Crippen molar-refractivity contribution < 1.29 is 4.74 Å². The first-order valence-corrected chi connectivity index (χ1v) is 6.84. The van der Waals surface area contributed by atoms with E-state index >= 15 is 0 Å². The molecule has 0 saturated carbocycles. The van der Waals surface area contributed by atoms with Crippen molar-refractivity contribution in [3.05, 3.63) is 66.2 Å². The Morgan fingerprint density at radius 2 is 1.60 bits per heavy atom. The summed E-state index contributed by atoms with van der Waals surface area (Å²) in [7, 11) is 0. The number of rotatable bonds is 3. The second-order valence-electron chi connectivity index (χ2n) is 4.08. The molecule has 0 atom stereocenters. The summed E-state index contributed by atoms with van der Waals surface area (Å²) >= 11 is 1.28. The average molecular weight is 278 g/mol. The molecule has 2 aromatic carbocycles. The van der Waals surface area contributed by atoms with E-state index in [1.807, 2.05) is 60.7 Å².